The lowest BCUT2D eigenvalue weighted by molar-refractivity contribution is 0.0981. The number of hydrogen-bond donors (Lipinski definition) is 2. The molecule has 3 aromatic heterocycles. The average Bonchev–Trinajstić information content (AvgIpc) is 3.13. The molecular formula is C27H34N6O4S. The first-order chi connectivity index (χ1) is 17.9. The zero-order valence-corrected chi connectivity index (χ0v) is 23.1. The van der Waals surface area contributed by atoms with Crippen molar-refractivity contribution >= 4 is 27.6 Å². The highest BCUT2D eigenvalue weighted by Crippen LogP contribution is 2.38. The summed E-state index contributed by atoms with van der Waals surface area (Å²) in [4.78, 5) is 28.5. The lowest BCUT2D eigenvalue weighted by atomic mass is 9.97. The normalized spacial score (nSPS) is 17.0. The monoisotopic (exact) mass is 538 g/mol. The molecule has 0 aromatic carbocycles. The Morgan fingerprint density at radius 1 is 1.21 bits per heavy atom. The van der Waals surface area contributed by atoms with Crippen molar-refractivity contribution in [3.63, 3.8) is 0 Å². The predicted octanol–water partition coefficient (Wildman–Crippen LogP) is 3.90. The molecule has 11 heteroatoms. The van der Waals surface area contributed by atoms with Gasteiger partial charge in [0.15, 0.2) is 5.03 Å². The zero-order valence-electron chi connectivity index (χ0n) is 22.3. The Labute approximate surface area is 223 Å². The van der Waals surface area contributed by atoms with Crippen molar-refractivity contribution in [2.45, 2.75) is 51.6 Å². The fraction of sp³-hybridized carbons (Fsp3) is 0.407. The number of carbonyl (C=O) groups excluding carboxylic acids is 1. The highest BCUT2D eigenvalue weighted by atomic mass is 32.2. The molecule has 4 heterocycles. The minimum Gasteiger partial charge on any atom is -0.477 e. The number of hydrogen-bond acceptors (Lipinski definition) is 9. The van der Waals surface area contributed by atoms with E-state index < -0.39 is 15.9 Å². The average molecular weight is 539 g/mol. The number of amides is 1. The van der Waals surface area contributed by atoms with E-state index in [9.17, 15) is 13.2 Å². The topological polar surface area (TPSA) is 140 Å². The number of nitrogen functional groups attached to an aromatic ring is 1. The number of rotatable bonds is 8. The Kier molecular flexibility index (Phi) is 7.59. The summed E-state index contributed by atoms with van der Waals surface area (Å²) in [5, 5.41) is -0.335. The predicted molar refractivity (Wildman–Crippen MR) is 146 cm³/mol. The second kappa shape index (κ2) is 10.6. The van der Waals surface area contributed by atoms with E-state index in [1.807, 2.05) is 12.1 Å². The van der Waals surface area contributed by atoms with Gasteiger partial charge in [0.1, 0.15) is 11.6 Å². The summed E-state index contributed by atoms with van der Waals surface area (Å²) in [5.74, 6) is 0.844. The van der Waals surface area contributed by atoms with E-state index >= 15 is 0 Å². The molecule has 202 valence electrons. The number of anilines is 2. The van der Waals surface area contributed by atoms with Crippen LogP contribution in [0.2, 0.25) is 0 Å². The van der Waals surface area contributed by atoms with Crippen LogP contribution < -0.4 is 20.1 Å². The molecule has 0 spiro atoms. The smallest absolute Gasteiger partial charge is 0.281 e. The van der Waals surface area contributed by atoms with Gasteiger partial charge in [-0.05, 0) is 62.4 Å². The summed E-state index contributed by atoms with van der Waals surface area (Å²) in [6.45, 7) is 11.6. The van der Waals surface area contributed by atoms with Gasteiger partial charge in [0.2, 0.25) is 5.88 Å². The maximum atomic E-state index is 13.4. The summed E-state index contributed by atoms with van der Waals surface area (Å²) in [6.07, 6.45) is 2.55. The van der Waals surface area contributed by atoms with E-state index in [4.69, 9.17) is 15.5 Å². The second-order valence-corrected chi connectivity index (χ2v) is 12.4. The van der Waals surface area contributed by atoms with E-state index in [0.29, 0.717) is 42.4 Å². The standard InChI is InChI=1S/C27H34N6O4S/c1-17(2)16-37-23-13-19(11-12-29-23)21-10-9-20(25(30-21)33-15-18(3)14-27(33,4)5)26(34)32-38(35,36)24-8-6-7-22(28)31-24/h6-13,17-18H,14-16H2,1-5H3,(H2,28,31)(H,32,34)/t18-/m0/s1. The van der Waals surface area contributed by atoms with Crippen LogP contribution in [0.25, 0.3) is 11.3 Å². The number of aromatic nitrogens is 3. The number of pyridine rings is 3. The third-order valence-electron chi connectivity index (χ3n) is 6.29. The number of nitrogens with one attached hydrogen (secondary N) is 1. The van der Waals surface area contributed by atoms with Gasteiger partial charge in [-0.3, -0.25) is 4.79 Å². The van der Waals surface area contributed by atoms with Crippen molar-refractivity contribution in [1.82, 2.24) is 19.7 Å². The zero-order chi connectivity index (χ0) is 27.7. The van der Waals surface area contributed by atoms with Gasteiger partial charge in [-0.1, -0.05) is 26.8 Å². The molecule has 1 atom stereocenters. The Morgan fingerprint density at radius 3 is 2.63 bits per heavy atom. The van der Waals surface area contributed by atoms with Gasteiger partial charge >= 0.3 is 0 Å². The molecule has 1 aliphatic heterocycles. The van der Waals surface area contributed by atoms with Gasteiger partial charge < -0.3 is 15.4 Å². The van der Waals surface area contributed by atoms with Gasteiger partial charge in [-0.25, -0.2) is 19.7 Å². The number of nitrogens with two attached hydrogens (primary N) is 1. The van der Waals surface area contributed by atoms with E-state index in [-0.39, 0.29) is 21.9 Å². The molecule has 0 unspecified atom stereocenters. The minimum absolute atomic E-state index is 0.0360. The molecule has 3 N–H and O–H groups in total. The lowest BCUT2D eigenvalue weighted by Gasteiger charge is -2.34. The quantitative estimate of drug-likeness (QED) is 0.437. The van der Waals surface area contributed by atoms with E-state index in [1.165, 1.54) is 18.2 Å². The van der Waals surface area contributed by atoms with Gasteiger partial charge in [0.25, 0.3) is 15.9 Å². The molecule has 1 aliphatic rings. The molecule has 0 saturated carbocycles. The third kappa shape index (κ3) is 6.04. The fourth-order valence-electron chi connectivity index (χ4n) is 4.66. The van der Waals surface area contributed by atoms with E-state index in [0.717, 1.165) is 12.0 Å². The lowest BCUT2D eigenvalue weighted by Crippen LogP contribution is -2.41. The van der Waals surface area contributed by atoms with Gasteiger partial charge in [0, 0.05) is 29.9 Å². The Hall–Kier alpha value is -3.73. The Morgan fingerprint density at radius 2 is 1.97 bits per heavy atom. The van der Waals surface area contributed by atoms with Crippen molar-refractivity contribution in [3.05, 3.63) is 54.2 Å². The van der Waals surface area contributed by atoms with Crippen LogP contribution >= 0.6 is 0 Å². The van der Waals surface area contributed by atoms with Crippen molar-refractivity contribution in [3.8, 4) is 17.1 Å². The highest BCUT2D eigenvalue weighted by Gasteiger charge is 2.39. The SMILES string of the molecule is CC(C)COc1cc(-c2ccc(C(=O)NS(=O)(=O)c3cccc(N)n3)c(N3C[C@@H](C)CC3(C)C)n2)ccn1. The molecular weight excluding hydrogens is 504 g/mol. The molecule has 4 rings (SSSR count). The van der Waals surface area contributed by atoms with Crippen LogP contribution in [0.1, 0.15) is 51.4 Å². The van der Waals surface area contributed by atoms with Crippen molar-refractivity contribution < 1.29 is 17.9 Å². The number of nitrogens with zero attached hydrogens (tertiary/aromatic N) is 4. The number of ether oxygens (including phenoxy) is 1. The summed E-state index contributed by atoms with van der Waals surface area (Å²) >= 11 is 0. The molecule has 10 nitrogen and oxygen atoms in total. The molecule has 38 heavy (non-hydrogen) atoms. The highest BCUT2D eigenvalue weighted by molar-refractivity contribution is 7.90. The Bertz CT molecular complexity index is 1440. The van der Waals surface area contributed by atoms with Crippen LogP contribution in [-0.4, -0.2) is 48.0 Å². The third-order valence-corrected chi connectivity index (χ3v) is 7.52. The van der Waals surface area contributed by atoms with Crippen LogP contribution in [0.3, 0.4) is 0 Å². The summed E-state index contributed by atoms with van der Waals surface area (Å²) in [5.41, 5.74) is 6.88. The van der Waals surface area contributed by atoms with E-state index in [1.54, 1.807) is 18.3 Å². The maximum Gasteiger partial charge on any atom is 0.281 e. The van der Waals surface area contributed by atoms with Gasteiger partial charge in [-0.15, -0.1) is 0 Å². The van der Waals surface area contributed by atoms with Crippen LogP contribution in [0.15, 0.2) is 53.7 Å². The second-order valence-electron chi connectivity index (χ2n) is 10.7. The first-order valence-corrected chi connectivity index (χ1v) is 14.0. The molecule has 3 aromatic rings. The molecule has 0 aliphatic carbocycles. The van der Waals surface area contributed by atoms with Crippen LogP contribution in [0, 0.1) is 11.8 Å². The number of carbonyl (C=O) groups is 1. The van der Waals surface area contributed by atoms with Crippen molar-refractivity contribution in [2.24, 2.45) is 11.8 Å². The fourth-order valence-corrected chi connectivity index (χ4v) is 5.60. The van der Waals surface area contributed by atoms with Crippen LogP contribution in [0.4, 0.5) is 11.6 Å². The molecule has 1 saturated heterocycles. The summed E-state index contributed by atoms with van der Waals surface area (Å²) < 4.78 is 33.7. The van der Waals surface area contributed by atoms with E-state index in [2.05, 4.69) is 54.2 Å². The molecule has 0 bridgehead atoms. The summed E-state index contributed by atoms with van der Waals surface area (Å²) in [7, 11) is -4.25. The van der Waals surface area contributed by atoms with Gasteiger partial charge in [0.05, 0.1) is 17.9 Å². The maximum absolute atomic E-state index is 13.4. The minimum atomic E-state index is -4.25. The first kappa shape index (κ1) is 27.3. The largest absolute Gasteiger partial charge is 0.477 e. The van der Waals surface area contributed by atoms with Gasteiger partial charge in [-0.2, -0.15) is 8.42 Å². The summed E-state index contributed by atoms with van der Waals surface area (Å²) in [6, 6.07) is 11.1. The molecule has 0 radical (unpaired) electrons. The molecule has 1 amide bonds. The van der Waals surface area contributed by atoms with Crippen molar-refractivity contribution in [2.75, 3.05) is 23.8 Å². The number of sulfonamides is 1. The Balaban J connectivity index is 1.74. The van der Waals surface area contributed by atoms with Crippen LogP contribution in [0.5, 0.6) is 5.88 Å². The van der Waals surface area contributed by atoms with Crippen LogP contribution in [-0.2, 0) is 10.0 Å². The first-order valence-electron chi connectivity index (χ1n) is 12.5. The molecule has 1 fully saturated rings. The van der Waals surface area contributed by atoms with Crippen molar-refractivity contribution in [1.29, 1.82) is 0 Å².